The highest BCUT2D eigenvalue weighted by molar-refractivity contribution is 6.03. The molecule has 0 radical (unpaired) electrons. The van der Waals surface area contributed by atoms with Crippen molar-refractivity contribution >= 4 is 18.1 Å². The Morgan fingerprint density at radius 1 is 0.963 bits per heavy atom. The number of benzene rings is 2. The SMILES string of the molecule is COC(=O)c1c2c(n(-c3ccc(C)cc3)c1-c1ccccc1)C=CCC=C2. The van der Waals surface area contributed by atoms with Gasteiger partial charge in [0.05, 0.1) is 24.1 Å². The van der Waals surface area contributed by atoms with Crippen LogP contribution in [0, 0.1) is 6.92 Å². The van der Waals surface area contributed by atoms with Gasteiger partial charge in [-0.3, -0.25) is 0 Å². The molecule has 0 fully saturated rings. The summed E-state index contributed by atoms with van der Waals surface area (Å²) in [7, 11) is 1.43. The third kappa shape index (κ3) is 3.02. The zero-order valence-electron chi connectivity index (χ0n) is 15.5. The predicted octanol–water partition coefficient (Wildman–Crippen LogP) is 5.67. The van der Waals surface area contributed by atoms with Crippen molar-refractivity contribution < 1.29 is 9.53 Å². The summed E-state index contributed by atoms with van der Waals surface area (Å²) in [5.41, 5.74) is 6.54. The van der Waals surface area contributed by atoms with Crippen LogP contribution in [-0.4, -0.2) is 17.6 Å². The van der Waals surface area contributed by atoms with E-state index in [0.717, 1.165) is 34.6 Å². The summed E-state index contributed by atoms with van der Waals surface area (Å²) in [5.74, 6) is -0.323. The lowest BCUT2D eigenvalue weighted by molar-refractivity contribution is 0.0601. The van der Waals surface area contributed by atoms with Crippen LogP contribution in [0.5, 0.6) is 0 Å². The summed E-state index contributed by atoms with van der Waals surface area (Å²) in [6.07, 6.45) is 9.14. The number of rotatable bonds is 3. The van der Waals surface area contributed by atoms with Gasteiger partial charge in [0.25, 0.3) is 0 Å². The first-order chi connectivity index (χ1) is 13.2. The zero-order chi connectivity index (χ0) is 18.8. The number of carbonyl (C=O) groups is 1. The zero-order valence-corrected chi connectivity index (χ0v) is 15.5. The number of hydrogen-bond donors (Lipinski definition) is 0. The number of methoxy groups -OCH3 is 1. The summed E-state index contributed by atoms with van der Waals surface area (Å²) in [5, 5.41) is 0. The van der Waals surface area contributed by atoms with Crippen molar-refractivity contribution in [3.63, 3.8) is 0 Å². The summed E-state index contributed by atoms with van der Waals surface area (Å²) in [6, 6.07) is 18.4. The van der Waals surface area contributed by atoms with Crippen molar-refractivity contribution in [2.45, 2.75) is 13.3 Å². The molecule has 134 valence electrons. The first-order valence-corrected chi connectivity index (χ1v) is 9.03. The molecule has 1 heterocycles. The maximum atomic E-state index is 12.8. The summed E-state index contributed by atoms with van der Waals surface area (Å²) in [4.78, 5) is 12.8. The molecule has 1 aliphatic rings. The number of hydrogen-bond acceptors (Lipinski definition) is 2. The molecule has 1 aliphatic carbocycles. The fourth-order valence-electron chi connectivity index (χ4n) is 3.53. The standard InChI is InChI=1S/C24H21NO2/c1-17-13-15-19(16-14-17)25-21-12-8-4-7-11-20(21)22(24(26)27-2)23(25)18-9-5-3-6-10-18/h3,5-16H,4H2,1-2H3. The summed E-state index contributed by atoms with van der Waals surface area (Å²) in [6.45, 7) is 2.07. The molecule has 0 amide bonds. The molecule has 0 unspecified atom stereocenters. The molecule has 3 aromatic rings. The highest BCUT2D eigenvalue weighted by Gasteiger charge is 2.27. The molecule has 0 bridgehead atoms. The van der Waals surface area contributed by atoms with Crippen LogP contribution in [0.2, 0.25) is 0 Å². The van der Waals surface area contributed by atoms with Crippen LogP contribution in [0.4, 0.5) is 0 Å². The number of ether oxygens (including phenoxy) is 1. The van der Waals surface area contributed by atoms with E-state index in [4.69, 9.17) is 4.74 Å². The maximum absolute atomic E-state index is 12.8. The van der Waals surface area contributed by atoms with E-state index in [-0.39, 0.29) is 5.97 Å². The Morgan fingerprint density at radius 3 is 2.37 bits per heavy atom. The minimum atomic E-state index is -0.323. The molecule has 0 N–H and O–H groups in total. The van der Waals surface area contributed by atoms with Gasteiger partial charge in [0, 0.05) is 11.3 Å². The lowest BCUT2D eigenvalue weighted by Crippen LogP contribution is -2.05. The van der Waals surface area contributed by atoms with Gasteiger partial charge in [-0.2, -0.15) is 0 Å². The van der Waals surface area contributed by atoms with Gasteiger partial charge in [0.2, 0.25) is 0 Å². The highest BCUT2D eigenvalue weighted by Crippen LogP contribution is 2.37. The number of nitrogens with zero attached hydrogens (tertiary/aromatic N) is 1. The van der Waals surface area contributed by atoms with Gasteiger partial charge in [0.15, 0.2) is 0 Å². The highest BCUT2D eigenvalue weighted by atomic mass is 16.5. The molecule has 3 nitrogen and oxygen atoms in total. The fourth-order valence-corrected chi connectivity index (χ4v) is 3.53. The fraction of sp³-hybridized carbons (Fsp3) is 0.125. The van der Waals surface area contributed by atoms with Crippen molar-refractivity contribution in [2.24, 2.45) is 0 Å². The largest absolute Gasteiger partial charge is 0.465 e. The van der Waals surface area contributed by atoms with Gasteiger partial charge in [-0.1, -0.05) is 66.3 Å². The predicted molar refractivity (Wildman–Crippen MR) is 110 cm³/mol. The molecule has 0 atom stereocenters. The van der Waals surface area contributed by atoms with Gasteiger partial charge in [-0.25, -0.2) is 4.79 Å². The quantitative estimate of drug-likeness (QED) is 0.567. The molecule has 3 heteroatoms. The average Bonchev–Trinajstić information content (AvgIpc) is 2.85. The molecule has 2 aromatic carbocycles. The molecular formula is C24H21NO2. The van der Waals surface area contributed by atoms with E-state index in [1.807, 2.05) is 36.4 Å². The Balaban J connectivity index is 2.13. The number of aryl methyl sites for hydroxylation is 1. The van der Waals surface area contributed by atoms with Crippen molar-refractivity contribution in [2.75, 3.05) is 7.11 Å². The molecular weight excluding hydrogens is 334 g/mol. The average molecular weight is 355 g/mol. The van der Waals surface area contributed by atoms with E-state index in [2.05, 4.69) is 54.0 Å². The molecule has 0 saturated heterocycles. The van der Waals surface area contributed by atoms with Crippen LogP contribution in [0.15, 0.2) is 66.7 Å². The molecule has 0 spiro atoms. The van der Waals surface area contributed by atoms with Crippen LogP contribution in [0.3, 0.4) is 0 Å². The molecule has 0 aliphatic heterocycles. The van der Waals surface area contributed by atoms with E-state index in [9.17, 15) is 4.79 Å². The monoisotopic (exact) mass is 355 g/mol. The second-order valence-electron chi connectivity index (χ2n) is 6.59. The van der Waals surface area contributed by atoms with Crippen molar-refractivity contribution in [1.82, 2.24) is 4.57 Å². The van der Waals surface area contributed by atoms with E-state index >= 15 is 0 Å². The van der Waals surface area contributed by atoms with Gasteiger partial charge < -0.3 is 9.30 Å². The summed E-state index contributed by atoms with van der Waals surface area (Å²) >= 11 is 0. The van der Waals surface area contributed by atoms with Gasteiger partial charge in [0.1, 0.15) is 0 Å². The number of carbonyl (C=O) groups excluding carboxylic acids is 1. The number of esters is 1. The second-order valence-corrected chi connectivity index (χ2v) is 6.59. The normalized spacial score (nSPS) is 12.5. The first-order valence-electron chi connectivity index (χ1n) is 9.03. The van der Waals surface area contributed by atoms with Gasteiger partial charge >= 0.3 is 5.97 Å². The molecule has 27 heavy (non-hydrogen) atoms. The second kappa shape index (κ2) is 7.12. The Kier molecular flexibility index (Phi) is 4.51. The molecule has 0 saturated carbocycles. The van der Waals surface area contributed by atoms with Gasteiger partial charge in [-0.15, -0.1) is 0 Å². The van der Waals surface area contributed by atoms with E-state index in [1.165, 1.54) is 12.7 Å². The number of aromatic nitrogens is 1. The minimum absolute atomic E-state index is 0.323. The maximum Gasteiger partial charge on any atom is 0.340 e. The van der Waals surface area contributed by atoms with Crippen LogP contribution < -0.4 is 0 Å². The van der Waals surface area contributed by atoms with Crippen LogP contribution >= 0.6 is 0 Å². The van der Waals surface area contributed by atoms with Crippen molar-refractivity contribution in [3.8, 4) is 16.9 Å². The third-order valence-corrected chi connectivity index (χ3v) is 4.81. The molecule has 4 rings (SSSR count). The number of fused-ring (bicyclic) bond motifs is 1. The minimum Gasteiger partial charge on any atom is -0.465 e. The van der Waals surface area contributed by atoms with Crippen LogP contribution in [0.25, 0.3) is 29.1 Å². The Hall–Kier alpha value is -3.33. The Morgan fingerprint density at radius 2 is 1.67 bits per heavy atom. The lowest BCUT2D eigenvalue weighted by Gasteiger charge is -2.14. The Bertz CT molecular complexity index is 1040. The summed E-state index contributed by atoms with van der Waals surface area (Å²) < 4.78 is 7.32. The smallest absolute Gasteiger partial charge is 0.340 e. The Labute approximate surface area is 159 Å². The van der Waals surface area contributed by atoms with Crippen molar-refractivity contribution in [1.29, 1.82) is 0 Å². The van der Waals surface area contributed by atoms with Crippen molar-refractivity contribution in [3.05, 3.63) is 89.1 Å². The van der Waals surface area contributed by atoms with E-state index in [0.29, 0.717) is 5.56 Å². The van der Waals surface area contributed by atoms with E-state index < -0.39 is 0 Å². The lowest BCUT2D eigenvalue weighted by atomic mass is 10.0. The topological polar surface area (TPSA) is 31.2 Å². The van der Waals surface area contributed by atoms with E-state index in [1.54, 1.807) is 0 Å². The van der Waals surface area contributed by atoms with Gasteiger partial charge in [-0.05, 0) is 37.1 Å². The third-order valence-electron chi connectivity index (χ3n) is 4.81. The number of allylic oxidation sites excluding steroid dienone is 2. The van der Waals surface area contributed by atoms with Crippen LogP contribution in [-0.2, 0) is 4.74 Å². The molecule has 1 aromatic heterocycles. The first kappa shape index (κ1) is 17.1. The van der Waals surface area contributed by atoms with Crippen LogP contribution in [0.1, 0.15) is 33.6 Å².